The average molecular weight is 178 g/mol. The molecule has 0 heterocycles. The molecule has 0 aliphatic heterocycles. The van der Waals surface area contributed by atoms with Gasteiger partial charge in [0, 0.05) is 0 Å². The lowest BCUT2D eigenvalue weighted by Gasteiger charge is -1.83. The van der Waals surface area contributed by atoms with Gasteiger partial charge in [-0.25, -0.2) is 0 Å². The van der Waals surface area contributed by atoms with Gasteiger partial charge in [-0.15, -0.1) is 0 Å². The van der Waals surface area contributed by atoms with Crippen molar-refractivity contribution in [3.63, 3.8) is 0 Å². The monoisotopic (exact) mass is 178 g/mol. The minimum absolute atomic E-state index is 0.822. The number of benzene rings is 1. The van der Waals surface area contributed by atoms with Crippen molar-refractivity contribution in [2.24, 2.45) is 0 Å². The Kier molecular flexibility index (Phi) is 31.4. The summed E-state index contributed by atoms with van der Waals surface area (Å²) in [6, 6.07) is 9.49. The van der Waals surface area contributed by atoms with Gasteiger partial charge in [0.15, 0.2) is 0 Å². The van der Waals surface area contributed by atoms with E-state index in [1.54, 1.807) is 0 Å². The zero-order chi connectivity index (χ0) is 11.1. The van der Waals surface area contributed by atoms with Gasteiger partial charge in [-0.2, -0.15) is 0 Å². The highest BCUT2D eigenvalue weighted by molar-refractivity contribution is 6.32. The first-order valence-corrected chi connectivity index (χ1v) is 5.20. The van der Waals surface area contributed by atoms with Crippen LogP contribution in [-0.2, 0) is 0 Å². The summed E-state index contributed by atoms with van der Waals surface area (Å²) in [6.07, 6.45) is 0. The first kappa shape index (κ1) is 18.1. The molecule has 0 saturated heterocycles. The van der Waals surface area contributed by atoms with Crippen LogP contribution in [-0.4, -0.2) is 7.85 Å². The SMILES string of the molecule is CC.CC.CC.[B]c1ccccc1. The van der Waals surface area contributed by atoms with Crippen LogP contribution < -0.4 is 5.46 Å². The molecule has 0 bridgehead atoms. The normalized spacial score (nSPS) is 6.00. The van der Waals surface area contributed by atoms with Gasteiger partial charge in [-0.1, -0.05) is 77.3 Å². The molecule has 0 nitrogen and oxygen atoms in total. The standard InChI is InChI=1S/C6H5B.3C2H6/c7-6-4-2-1-3-5-6;3*1-2/h1-5H;3*1-2H3. The van der Waals surface area contributed by atoms with E-state index in [2.05, 4.69) is 0 Å². The first-order valence-electron chi connectivity index (χ1n) is 5.20. The third-order valence-corrected chi connectivity index (χ3v) is 0.800. The molecule has 0 aliphatic carbocycles. The second-order valence-corrected chi connectivity index (χ2v) is 1.41. The molecule has 0 atom stereocenters. The average Bonchev–Trinajstić information content (AvgIpc) is 2.28. The molecular formula is C12H23B. The van der Waals surface area contributed by atoms with E-state index in [1.807, 2.05) is 71.9 Å². The molecule has 2 radical (unpaired) electrons. The second kappa shape index (κ2) is 22.5. The lowest BCUT2D eigenvalue weighted by atomic mass is 9.97. The maximum atomic E-state index is 5.36. The smallest absolute Gasteiger partial charge is 0.0967 e. The zero-order valence-corrected chi connectivity index (χ0v) is 9.96. The van der Waals surface area contributed by atoms with Gasteiger partial charge in [0.1, 0.15) is 7.85 Å². The molecule has 0 spiro atoms. The Morgan fingerprint density at radius 3 is 1.15 bits per heavy atom. The maximum Gasteiger partial charge on any atom is 0.113 e. The van der Waals surface area contributed by atoms with Crippen molar-refractivity contribution in [3.8, 4) is 0 Å². The summed E-state index contributed by atoms with van der Waals surface area (Å²) in [7, 11) is 5.36. The summed E-state index contributed by atoms with van der Waals surface area (Å²) in [5, 5.41) is 0. The Bertz CT molecular complexity index is 135. The number of hydrogen-bond acceptors (Lipinski definition) is 0. The number of rotatable bonds is 0. The van der Waals surface area contributed by atoms with Crippen molar-refractivity contribution in [1.29, 1.82) is 0 Å². The molecule has 0 saturated carbocycles. The molecule has 0 fully saturated rings. The van der Waals surface area contributed by atoms with Crippen molar-refractivity contribution in [3.05, 3.63) is 30.3 Å². The van der Waals surface area contributed by atoms with Crippen LogP contribution in [0.3, 0.4) is 0 Å². The third-order valence-electron chi connectivity index (χ3n) is 0.800. The summed E-state index contributed by atoms with van der Waals surface area (Å²) in [5.41, 5.74) is 0.822. The summed E-state index contributed by atoms with van der Waals surface area (Å²) in [4.78, 5) is 0. The van der Waals surface area contributed by atoms with E-state index in [1.165, 1.54) is 0 Å². The molecule has 1 rings (SSSR count). The summed E-state index contributed by atoms with van der Waals surface area (Å²) < 4.78 is 0. The van der Waals surface area contributed by atoms with Gasteiger partial charge >= 0.3 is 0 Å². The highest BCUT2D eigenvalue weighted by Gasteiger charge is 1.71. The van der Waals surface area contributed by atoms with Gasteiger partial charge in [0.05, 0.1) is 0 Å². The van der Waals surface area contributed by atoms with Gasteiger partial charge in [0.2, 0.25) is 0 Å². The van der Waals surface area contributed by atoms with Crippen molar-refractivity contribution in [2.45, 2.75) is 41.5 Å². The predicted octanol–water partition coefficient (Wildman–Crippen LogP) is 3.56. The second-order valence-electron chi connectivity index (χ2n) is 1.41. The zero-order valence-electron chi connectivity index (χ0n) is 9.96. The van der Waals surface area contributed by atoms with Crippen molar-refractivity contribution in [2.75, 3.05) is 0 Å². The van der Waals surface area contributed by atoms with Gasteiger partial charge in [-0.05, 0) is 0 Å². The number of hydrogen-bond donors (Lipinski definition) is 0. The molecule has 0 amide bonds. The van der Waals surface area contributed by atoms with E-state index < -0.39 is 0 Å². The fourth-order valence-corrected chi connectivity index (χ4v) is 0.453. The highest BCUT2D eigenvalue weighted by Crippen LogP contribution is 1.76. The van der Waals surface area contributed by atoms with E-state index in [9.17, 15) is 0 Å². The largest absolute Gasteiger partial charge is 0.113 e. The molecule has 1 aromatic rings. The molecule has 0 N–H and O–H groups in total. The van der Waals surface area contributed by atoms with Crippen molar-refractivity contribution >= 4 is 13.3 Å². The van der Waals surface area contributed by atoms with Crippen LogP contribution in [0.2, 0.25) is 0 Å². The summed E-state index contributed by atoms with van der Waals surface area (Å²) in [5.74, 6) is 0. The highest BCUT2D eigenvalue weighted by atomic mass is 13.7. The maximum absolute atomic E-state index is 5.36. The van der Waals surface area contributed by atoms with Crippen LogP contribution in [0.5, 0.6) is 0 Å². The molecule has 1 aromatic carbocycles. The molecule has 1 heteroatoms. The fourth-order valence-electron chi connectivity index (χ4n) is 0.453. The van der Waals surface area contributed by atoms with Crippen LogP contribution in [0, 0.1) is 0 Å². The summed E-state index contributed by atoms with van der Waals surface area (Å²) in [6.45, 7) is 12.0. The van der Waals surface area contributed by atoms with Gasteiger partial charge in [0.25, 0.3) is 0 Å². The first-order chi connectivity index (χ1) is 6.39. The minimum atomic E-state index is 0.822. The molecule has 0 aliphatic rings. The van der Waals surface area contributed by atoms with E-state index >= 15 is 0 Å². The topological polar surface area (TPSA) is 0 Å². The molecule has 0 unspecified atom stereocenters. The fraction of sp³-hybridized carbons (Fsp3) is 0.500. The summed E-state index contributed by atoms with van der Waals surface area (Å²) >= 11 is 0. The van der Waals surface area contributed by atoms with Crippen molar-refractivity contribution in [1.82, 2.24) is 0 Å². The van der Waals surface area contributed by atoms with Crippen LogP contribution in [0.4, 0.5) is 0 Å². The van der Waals surface area contributed by atoms with E-state index in [-0.39, 0.29) is 0 Å². The lowest BCUT2D eigenvalue weighted by molar-refractivity contribution is 1.50. The minimum Gasteiger partial charge on any atom is -0.0967 e. The van der Waals surface area contributed by atoms with E-state index in [0.717, 1.165) is 5.46 Å². The van der Waals surface area contributed by atoms with Gasteiger partial charge in [-0.3, -0.25) is 0 Å². The van der Waals surface area contributed by atoms with E-state index in [4.69, 9.17) is 7.85 Å². The molecular weight excluding hydrogens is 155 g/mol. The van der Waals surface area contributed by atoms with Crippen molar-refractivity contribution < 1.29 is 0 Å². The predicted molar refractivity (Wildman–Crippen MR) is 65.9 cm³/mol. The van der Waals surface area contributed by atoms with Crippen LogP contribution in [0.1, 0.15) is 41.5 Å². The Morgan fingerprint density at radius 2 is 1.00 bits per heavy atom. The Hall–Kier alpha value is -0.715. The lowest BCUT2D eigenvalue weighted by Crippen LogP contribution is -1.97. The van der Waals surface area contributed by atoms with Crippen LogP contribution in [0.15, 0.2) is 30.3 Å². The molecule has 0 aromatic heterocycles. The molecule has 13 heavy (non-hydrogen) atoms. The Balaban J connectivity index is -0.000000144. The Labute approximate surface area is 85.8 Å². The Morgan fingerprint density at radius 1 is 0.692 bits per heavy atom. The van der Waals surface area contributed by atoms with Gasteiger partial charge < -0.3 is 0 Å². The molecule has 74 valence electrons. The quantitative estimate of drug-likeness (QED) is 0.533. The third kappa shape index (κ3) is 18.3. The van der Waals surface area contributed by atoms with Crippen LogP contribution in [0.25, 0.3) is 0 Å². The van der Waals surface area contributed by atoms with E-state index in [0.29, 0.717) is 0 Å². The van der Waals surface area contributed by atoms with Crippen LogP contribution >= 0.6 is 0 Å².